The van der Waals surface area contributed by atoms with E-state index in [1.165, 1.54) is 5.56 Å². The van der Waals surface area contributed by atoms with Crippen molar-refractivity contribution in [2.24, 2.45) is 0 Å². The number of para-hydroxylation sites is 2. The lowest BCUT2D eigenvalue weighted by Gasteiger charge is -2.26. The molecule has 1 N–H and O–H groups in total. The van der Waals surface area contributed by atoms with E-state index >= 15 is 0 Å². The molecule has 0 aliphatic heterocycles. The third-order valence-corrected chi connectivity index (χ3v) is 4.26. The number of benzene rings is 3. The van der Waals surface area contributed by atoms with Crippen molar-refractivity contribution in [3.8, 4) is 0 Å². The molecule has 0 aliphatic carbocycles. The Labute approximate surface area is 152 Å². The number of nitrogens with zero attached hydrogens (tertiary/aromatic N) is 1. The summed E-state index contributed by atoms with van der Waals surface area (Å²) in [5, 5.41) is 4.51. The van der Waals surface area contributed by atoms with E-state index in [1.54, 1.807) is 0 Å². The first-order valence-electron chi connectivity index (χ1n) is 7.66. The third kappa shape index (κ3) is 4.13. The van der Waals surface area contributed by atoms with Crippen LogP contribution in [0, 0.1) is 0 Å². The molecule has 3 aromatic carbocycles. The summed E-state index contributed by atoms with van der Waals surface area (Å²) in [4.78, 5) is 2.06. The van der Waals surface area contributed by atoms with Crippen LogP contribution in [0.5, 0.6) is 0 Å². The molecule has 0 amide bonds. The second-order valence-corrected chi connectivity index (χ2v) is 6.11. The van der Waals surface area contributed by atoms with Crippen LogP contribution in [0.2, 0.25) is 5.02 Å². The van der Waals surface area contributed by atoms with Gasteiger partial charge in [0.15, 0.2) is 5.11 Å². The Morgan fingerprint density at radius 2 is 1.42 bits per heavy atom. The smallest absolute Gasteiger partial charge is 0.178 e. The van der Waals surface area contributed by atoms with Gasteiger partial charge in [0.05, 0.1) is 17.3 Å². The number of hydrogen-bond acceptors (Lipinski definition) is 1. The van der Waals surface area contributed by atoms with Crippen molar-refractivity contribution in [1.29, 1.82) is 0 Å². The van der Waals surface area contributed by atoms with E-state index in [0.29, 0.717) is 16.7 Å². The van der Waals surface area contributed by atoms with Gasteiger partial charge in [-0.1, -0.05) is 72.3 Å². The van der Waals surface area contributed by atoms with Gasteiger partial charge in [-0.05, 0) is 42.0 Å². The molecule has 0 fully saturated rings. The highest BCUT2D eigenvalue weighted by Crippen LogP contribution is 2.23. The number of halogens is 1. The Kier molecular flexibility index (Phi) is 5.47. The standard InChI is InChI=1S/C20H17ClN2S/c21-18-13-7-8-14-19(18)22-20(24)23(17-11-5-2-6-12-17)15-16-9-3-1-4-10-16/h1-14H,15H2,(H,22,24). The van der Waals surface area contributed by atoms with Gasteiger partial charge in [0, 0.05) is 5.69 Å². The maximum atomic E-state index is 6.24. The Morgan fingerprint density at radius 1 is 0.833 bits per heavy atom. The van der Waals surface area contributed by atoms with Gasteiger partial charge in [0.2, 0.25) is 0 Å². The van der Waals surface area contributed by atoms with Gasteiger partial charge in [0.1, 0.15) is 0 Å². The zero-order valence-corrected chi connectivity index (χ0v) is 14.6. The van der Waals surface area contributed by atoms with E-state index in [1.807, 2.05) is 72.8 Å². The monoisotopic (exact) mass is 352 g/mol. The highest BCUT2D eigenvalue weighted by atomic mass is 35.5. The van der Waals surface area contributed by atoms with Crippen LogP contribution in [-0.4, -0.2) is 5.11 Å². The normalized spacial score (nSPS) is 10.2. The molecule has 0 aromatic heterocycles. The van der Waals surface area contributed by atoms with Crippen molar-refractivity contribution in [3.63, 3.8) is 0 Å². The molecule has 0 atom stereocenters. The van der Waals surface area contributed by atoms with Gasteiger partial charge in [-0.3, -0.25) is 0 Å². The number of rotatable bonds is 4. The first-order valence-corrected chi connectivity index (χ1v) is 8.45. The van der Waals surface area contributed by atoms with Crippen molar-refractivity contribution in [2.45, 2.75) is 6.54 Å². The molecule has 0 heterocycles. The van der Waals surface area contributed by atoms with E-state index in [-0.39, 0.29) is 0 Å². The van der Waals surface area contributed by atoms with Crippen LogP contribution in [0.4, 0.5) is 11.4 Å². The average molecular weight is 353 g/mol. The van der Waals surface area contributed by atoms with Crippen molar-refractivity contribution >= 4 is 40.3 Å². The Bertz CT molecular complexity index is 806. The van der Waals surface area contributed by atoms with Gasteiger partial charge in [-0.15, -0.1) is 0 Å². The zero-order chi connectivity index (χ0) is 16.8. The summed E-state index contributed by atoms with van der Waals surface area (Å²) in [6.07, 6.45) is 0. The summed E-state index contributed by atoms with van der Waals surface area (Å²) < 4.78 is 0. The first-order chi connectivity index (χ1) is 11.7. The van der Waals surface area contributed by atoms with Gasteiger partial charge >= 0.3 is 0 Å². The second-order valence-electron chi connectivity index (χ2n) is 5.32. The molecule has 0 bridgehead atoms. The van der Waals surface area contributed by atoms with Gasteiger partial charge in [-0.25, -0.2) is 0 Å². The molecule has 120 valence electrons. The Hall–Kier alpha value is -2.36. The lowest BCUT2D eigenvalue weighted by molar-refractivity contribution is 1.01. The fourth-order valence-corrected chi connectivity index (χ4v) is 2.86. The molecule has 2 nitrogen and oxygen atoms in total. The van der Waals surface area contributed by atoms with Crippen molar-refractivity contribution < 1.29 is 0 Å². The van der Waals surface area contributed by atoms with Crippen LogP contribution in [0.15, 0.2) is 84.9 Å². The highest BCUT2D eigenvalue weighted by Gasteiger charge is 2.13. The lowest BCUT2D eigenvalue weighted by atomic mass is 10.2. The van der Waals surface area contributed by atoms with Crippen molar-refractivity contribution in [3.05, 3.63) is 95.5 Å². The van der Waals surface area contributed by atoms with Gasteiger partial charge < -0.3 is 10.2 Å². The molecule has 0 aliphatic rings. The molecular formula is C20H17ClN2S. The van der Waals surface area contributed by atoms with Gasteiger partial charge in [-0.2, -0.15) is 0 Å². The van der Waals surface area contributed by atoms with Crippen LogP contribution in [0.25, 0.3) is 0 Å². The molecule has 3 aromatic rings. The minimum atomic E-state index is 0.609. The quantitative estimate of drug-likeness (QED) is 0.602. The summed E-state index contributed by atoms with van der Waals surface area (Å²) in [5.74, 6) is 0. The van der Waals surface area contributed by atoms with E-state index in [0.717, 1.165) is 11.4 Å². The second kappa shape index (κ2) is 7.95. The van der Waals surface area contributed by atoms with Crippen LogP contribution in [0.1, 0.15) is 5.56 Å². The maximum absolute atomic E-state index is 6.24. The highest BCUT2D eigenvalue weighted by molar-refractivity contribution is 7.80. The maximum Gasteiger partial charge on any atom is 0.178 e. The minimum absolute atomic E-state index is 0.609. The third-order valence-electron chi connectivity index (χ3n) is 3.61. The molecule has 3 rings (SSSR count). The molecule has 0 saturated carbocycles. The minimum Gasteiger partial charge on any atom is -0.331 e. The van der Waals surface area contributed by atoms with Crippen LogP contribution in [0.3, 0.4) is 0 Å². The zero-order valence-electron chi connectivity index (χ0n) is 13.0. The topological polar surface area (TPSA) is 15.3 Å². The summed E-state index contributed by atoms with van der Waals surface area (Å²) >= 11 is 11.9. The molecule has 24 heavy (non-hydrogen) atoms. The number of anilines is 2. The Balaban J connectivity index is 1.87. The molecular weight excluding hydrogens is 336 g/mol. The summed E-state index contributed by atoms with van der Waals surface area (Å²) in [6, 6.07) is 27.9. The Morgan fingerprint density at radius 3 is 2.08 bits per heavy atom. The number of nitrogens with one attached hydrogen (secondary N) is 1. The fourth-order valence-electron chi connectivity index (χ4n) is 2.40. The lowest BCUT2D eigenvalue weighted by Crippen LogP contribution is -2.34. The molecule has 0 unspecified atom stereocenters. The van der Waals surface area contributed by atoms with Crippen LogP contribution < -0.4 is 10.2 Å². The molecule has 0 spiro atoms. The SMILES string of the molecule is S=C(Nc1ccccc1Cl)N(Cc1ccccc1)c1ccccc1. The molecule has 4 heteroatoms. The van der Waals surface area contributed by atoms with Gasteiger partial charge in [0.25, 0.3) is 0 Å². The fraction of sp³-hybridized carbons (Fsp3) is 0.0500. The first kappa shape index (κ1) is 16.5. The number of hydrogen-bond donors (Lipinski definition) is 1. The van der Waals surface area contributed by atoms with Crippen LogP contribution >= 0.6 is 23.8 Å². The molecule has 0 radical (unpaired) electrons. The predicted octanol–water partition coefficient (Wildman–Crippen LogP) is 5.74. The summed E-state index contributed by atoms with van der Waals surface area (Å²) in [7, 11) is 0. The summed E-state index contributed by atoms with van der Waals surface area (Å²) in [6.45, 7) is 0.682. The predicted molar refractivity (Wildman–Crippen MR) is 107 cm³/mol. The number of thiocarbonyl (C=S) groups is 1. The average Bonchev–Trinajstić information content (AvgIpc) is 2.63. The largest absolute Gasteiger partial charge is 0.331 e. The van der Waals surface area contributed by atoms with Crippen molar-refractivity contribution in [1.82, 2.24) is 0 Å². The van der Waals surface area contributed by atoms with E-state index in [2.05, 4.69) is 22.3 Å². The van der Waals surface area contributed by atoms with E-state index in [4.69, 9.17) is 23.8 Å². The molecule has 0 saturated heterocycles. The summed E-state index contributed by atoms with van der Waals surface area (Å²) in [5.41, 5.74) is 3.02. The van der Waals surface area contributed by atoms with E-state index < -0.39 is 0 Å². The van der Waals surface area contributed by atoms with Crippen LogP contribution in [-0.2, 0) is 6.54 Å². The van der Waals surface area contributed by atoms with Crippen molar-refractivity contribution in [2.75, 3.05) is 10.2 Å². The van der Waals surface area contributed by atoms with E-state index in [9.17, 15) is 0 Å².